The Bertz CT molecular complexity index is 544. The first-order valence-electron chi connectivity index (χ1n) is 6.76. The van der Waals surface area contributed by atoms with Crippen molar-refractivity contribution in [1.29, 1.82) is 0 Å². The zero-order chi connectivity index (χ0) is 15.4. The molecule has 1 aliphatic heterocycles. The van der Waals surface area contributed by atoms with Gasteiger partial charge in [0, 0.05) is 32.3 Å². The van der Waals surface area contributed by atoms with Crippen LogP contribution in [-0.2, 0) is 4.74 Å². The summed E-state index contributed by atoms with van der Waals surface area (Å²) in [4.78, 5) is 23.7. The highest BCUT2D eigenvalue weighted by Gasteiger charge is 2.23. The number of rotatable bonds is 4. The van der Waals surface area contributed by atoms with Gasteiger partial charge in [-0.1, -0.05) is 0 Å². The van der Waals surface area contributed by atoms with Gasteiger partial charge in [-0.3, -0.25) is 14.9 Å². The van der Waals surface area contributed by atoms with Gasteiger partial charge < -0.3 is 9.64 Å². The molecule has 0 aliphatic carbocycles. The number of carbonyl (C=O) groups is 1. The topological polar surface area (TPSA) is 72.7 Å². The van der Waals surface area contributed by atoms with Crippen molar-refractivity contribution in [3.63, 3.8) is 0 Å². The Balaban J connectivity index is 2.10. The smallest absolute Gasteiger partial charge is 0.270 e. The van der Waals surface area contributed by atoms with Crippen molar-refractivity contribution in [2.75, 3.05) is 26.8 Å². The van der Waals surface area contributed by atoms with Crippen LogP contribution in [0.25, 0.3) is 0 Å². The molecule has 114 valence electrons. The van der Waals surface area contributed by atoms with Crippen molar-refractivity contribution >= 4 is 11.6 Å². The largest absolute Gasteiger partial charge is 0.381 e. The molecule has 1 heterocycles. The number of halogens is 1. The van der Waals surface area contributed by atoms with E-state index < -0.39 is 16.6 Å². The van der Waals surface area contributed by atoms with E-state index in [-0.39, 0.29) is 17.2 Å². The predicted octanol–water partition coefficient (Wildman–Crippen LogP) is 2.23. The second-order valence-corrected chi connectivity index (χ2v) is 5.19. The number of carbonyl (C=O) groups excluding carboxylic acids is 1. The molecule has 7 heteroatoms. The molecule has 6 nitrogen and oxygen atoms in total. The maximum absolute atomic E-state index is 13.7. The normalized spacial score (nSPS) is 18.3. The van der Waals surface area contributed by atoms with Crippen LogP contribution >= 0.6 is 0 Å². The zero-order valence-electron chi connectivity index (χ0n) is 11.8. The number of amides is 1. The summed E-state index contributed by atoms with van der Waals surface area (Å²) in [5.74, 6) is -1.09. The highest BCUT2D eigenvalue weighted by molar-refractivity contribution is 5.95. The van der Waals surface area contributed by atoms with Crippen LogP contribution < -0.4 is 0 Å². The molecule has 0 N–H and O–H groups in total. The van der Waals surface area contributed by atoms with E-state index in [2.05, 4.69) is 0 Å². The van der Waals surface area contributed by atoms with E-state index >= 15 is 0 Å². The van der Waals surface area contributed by atoms with Gasteiger partial charge in [-0.25, -0.2) is 4.39 Å². The lowest BCUT2D eigenvalue weighted by atomic mass is 10.0. The average molecular weight is 296 g/mol. The van der Waals surface area contributed by atoms with Gasteiger partial charge in [0.1, 0.15) is 5.82 Å². The van der Waals surface area contributed by atoms with Crippen LogP contribution in [0.4, 0.5) is 10.1 Å². The minimum absolute atomic E-state index is 0.217. The third kappa shape index (κ3) is 3.75. The fraction of sp³-hybridized carbons (Fsp3) is 0.500. The van der Waals surface area contributed by atoms with Crippen LogP contribution in [0, 0.1) is 21.8 Å². The molecule has 0 aromatic heterocycles. The van der Waals surface area contributed by atoms with Gasteiger partial charge in [-0.05, 0) is 24.8 Å². The molecule has 1 aromatic rings. The molecular formula is C14H17FN2O4. The minimum atomic E-state index is -0.752. The number of nitro benzene ring substituents is 1. The molecule has 0 bridgehead atoms. The van der Waals surface area contributed by atoms with E-state index in [1.54, 1.807) is 7.05 Å². The number of nitro groups is 1. The second-order valence-electron chi connectivity index (χ2n) is 5.19. The van der Waals surface area contributed by atoms with Crippen LogP contribution in [0.15, 0.2) is 18.2 Å². The van der Waals surface area contributed by atoms with Gasteiger partial charge in [0.05, 0.1) is 17.1 Å². The van der Waals surface area contributed by atoms with E-state index in [1.807, 2.05) is 0 Å². The van der Waals surface area contributed by atoms with E-state index in [1.165, 1.54) is 4.90 Å². The zero-order valence-corrected chi connectivity index (χ0v) is 11.8. The molecule has 2 rings (SSSR count). The summed E-state index contributed by atoms with van der Waals surface area (Å²) in [6.45, 7) is 1.75. The van der Waals surface area contributed by atoms with E-state index in [4.69, 9.17) is 4.74 Å². The van der Waals surface area contributed by atoms with E-state index in [9.17, 15) is 19.3 Å². The lowest BCUT2D eigenvalue weighted by molar-refractivity contribution is -0.384. The van der Waals surface area contributed by atoms with Crippen molar-refractivity contribution in [1.82, 2.24) is 4.90 Å². The molecule has 1 aromatic carbocycles. The molecular weight excluding hydrogens is 279 g/mol. The summed E-state index contributed by atoms with van der Waals surface area (Å²) < 4.78 is 19.1. The summed E-state index contributed by atoms with van der Waals surface area (Å²) in [7, 11) is 1.56. The van der Waals surface area contributed by atoms with Gasteiger partial charge in [0.2, 0.25) is 0 Å². The lowest BCUT2D eigenvalue weighted by Crippen LogP contribution is -2.35. The monoisotopic (exact) mass is 296 g/mol. The Hall–Kier alpha value is -2.02. The van der Waals surface area contributed by atoms with Crippen LogP contribution in [0.1, 0.15) is 23.2 Å². The fourth-order valence-electron chi connectivity index (χ4n) is 2.42. The molecule has 0 spiro atoms. The first-order valence-corrected chi connectivity index (χ1v) is 6.76. The first-order chi connectivity index (χ1) is 9.99. The molecule has 0 saturated carbocycles. The summed E-state index contributed by atoms with van der Waals surface area (Å²) in [6, 6.07) is 2.97. The number of non-ortho nitro benzene ring substituents is 1. The van der Waals surface area contributed by atoms with Gasteiger partial charge in [-0.2, -0.15) is 0 Å². The number of hydrogen-bond acceptors (Lipinski definition) is 4. The van der Waals surface area contributed by atoms with Gasteiger partial charge in [0.25, 0.3) is 11.6 Å². The third-order valence-electron chi connectivity index (χ3n) is 3.52. The van der Waals surface area contributed by atoms with Gasteiger partial charge in [0.15, 0.2) is 0 Å². The summed E-state index contributed by atoms with van der Waals surface area (Å²) in [6.07, 6.45) is 1.90. The molecule has 1 amide bonds. The SMILES string of the molecule is CN(CC1CCCOC1)C(=O)c1cc([N+](=O)[O-])ccc1F. The maximum atomic E-state index is 13.7. The Morgan fingerprint density at radius 3 is 2.95 bits per heavy atom. The van der Waals surface area contributed by atoms with Crippen LogP contribution in [0.3, 0.4) is 0 Å². The van der Waals surface area contributed by atoms with Crippen LogP contribution in [0.2, 0.25) is 0 Å². The molecule has 1 fully saturated rings. The first kappa shape index (κ1) is 15.4. The van der Waals surface area contributed by atoms with E-state index in [0.717, 1.165) is 37.6 Å². The highest BCUT2D eigenvalue weighted by atomic mass is 19.1. The maximum Gasteiger partial charge on any atom is 0.270 e. The fourth-order valence-corrected chi connectivity index (χ4v) is 2.42. The summed E-state index contributed by atoms with van der Waals surface area (Å²) in [5.41, 5.74) is -0.572. The van der Waals surface area contributed by atoms with Crippen molar-refractivity contribution in [3.8, 4) is 0 Å². The summed E-state index contributed by atoms with van der Waals surface area (Å²) >= 11 is 0. The van der Waals surface area contributed by atoms with Crippen molar-refractivity contribution < 1.29 is 18.8 Å². The minimum Gasteiger partial charge on any atom is -0.381 e. The molecule has 1 aliphatic rings. The van der Waals surface area contributed by atoms with Crippen molar-refractivity contribution in [2.45, 2.75) is 12.8 Å². The predicted molar refractivity (Wildman–Crippen MR) is 73.6 cm³/mol. The average Bonchev–Trinajstić information content (AvgIpc) is 2.47. The molecule has 0 radical (unpaired) electrons. The number of benzene rings is 1. The van der Waals surface area contributed by atoms with Gasteiger partial charge in [-0.15, -0.1) is 0 Å². The molecule has 1 unspecified atom stereocenters. The Morgan fingerprint density at radius 1 is 1.57 bits per heavy atom. The highest BCUT2D eigenvalue weighted by Crippen LogP contribution is 2.20. The lowest BCUT2D eigenvalue weighted by Gasteiger charge is -2.27. The van der Waals surface area contributed by atoms with Crippen molar-refractivity contribution in [2.24, 2.45) is 5.92 Å². The Morgan fingerprint density at radius 2 is 2.33 bits per heavy atom. The third-order valence-corrected chi connectivity index (χ3v) is 3.52. The summed E-state index contributed by atoms with van der Waals surface area (Å²) in [5, 5.41) is 10.7. The van der Waals surface area contributed by atoms with Crippen LogP contribution in [0.5, 0.6) is 0 Å². The van der Waals surface area contributed by atoms with Crippen molar-refractivity contribution in [3.05, 3.63) is 39.7 Å². The van der Waals surface area contributed by atoms with E-state index in [0.29, 0.717) is 13.2 Å². The number of hydrogen-bond donors (Lipinski definition) is 0. The Labute approximate surface area is 121 Å². The molecule has 1 atom stereocenters. The molecule has 1 saturated heterocycles. The van der Waals surface area contributed by atoms with Crippen LogP contribution in [-0.4, -0.2) is 42.5 Å². The number of nitrogens with zero attached hydrogens (tertiary/aromatic N) is 2. The molecule has 21 heavy (non-hydrogen) atoms. The number of ether oxygens (including phenoxy) is 1. The van der Waals surface area contributed by atoms with Gasteiger partial charge >= 0.3 is 0 Å². The quantitative estimate of drug-likeness (QED) is 0.631. The standard InChI is InChI=1S/C14H17FN2O4/c1-16(8-10-3-2-6-21-9-10)14(18)12-7-11(17(19)20)4-5-13(12)15/h4-5,7,10H,2-3,6,8-9H2,1H3. The Kier molecular flexibility index (Phi) is 4.85. The second kappa shape index (κ2) is 6.62.